The van der Waals surface area contributed by atoms with Crippen molar-refractivity contribution >= 4 is 5.97 Å². The molecule has 4 atom stereocenters. The van der Waals surface area contributed by atoms with Crippen molar-refractivity contribution in [3.05, 3.63) is 0 Å². The van der Waals surface area contributed by atoms with E-state index in [0.717, 1.165) is 12.8 Å². The first-order valence-electron chi connectivity index (χ1n) is 9.47. The summed E-state index contributed by atoms with van der Waals surface area (Å²) in [5.41, 5.74) is 0. The number of hydrogen-bond acceptors (Lipinski definition) is 7. The highest BCUT2D eigenvalue weighted by Gasteiger charge is 2.29. The molecule has 0 aliphatic heterocycles. The van der Waals surface area contributed by atoms with Gasteiger partial charge in [0.1, 0.15) is 24.4 Å². The molecule has 0 aliphatic rings. The van der Waals surface area contributed by atoms with Gasteiger partial charge < -0.3 is 35.7 Å². The van der Waals surface area contributed by atoms with E-state index >= 15 is 0 Å². The zero-order valence-electron chi connectivity index (χ0n) is 15.8. The maximum Gasteiger partial charge on any atom is 0.303 e. The summed E-state index contributed by atoms with van der Waals surface area (Å²) in [5, 5.41) is 60.6. The Bertz CT molecular complexity index is 300. The Morgan fingerprint density at radius 1 is 0.692 bits per heavy atom. The van der Waals surface area contributed by atoms with Gasteiger partial charge in [-0.2, -0.15) is 0 Å². The molecule has 0 saturated heterocycles. The fourth-order valence-electron chi connectivity index (χ4n) is 2.26. The molecule has 8 nitrogen and oxygen atoms in total. The summed E-state index contributed by atoms with van der Waals surface area (Å²) >= 11 is 0. The van der Waals surface area contributed by atoms with Crippen LogP contribution in [0.15, 0.2) is 0 Å². The third-order valence-corrected chi connectivity index (χ3v) is 4.01. The molecule has 8 heteroatoms. The molecule has 158 valence electrons. The Balaban J connectivity index is 0. The zero-order valence-corrected chi connectivity index (χ0v) is 15.8. The normalized spacial score (nSPS) is 15.5. The molecule has 0 amide bonds. The van der Waals surface area contributed by atoms with Gasteiger partial charge in [-0.1, -0.05) is 58.3 Å². The van der Waals surface area contributed by atoms with Crippen LogP contribution in [0, 0.1) is 0 Å². The molecular formula is C18H38O8. The summed E-state index contributed by atoms with van der Waals surface area (Å²) in [4.78, 5) is 10.2. The lowest BCUT2D eigenvalue weighted by atomic mass is 10.0. The first-order chi connectivity index (χ1) is 12.3. The molecule has 0 bridgehead atoms. The third kappa shape index (κ3) is 16.7. The summed E-state index contributed by atoms with van der Waals surface area (Å²) < 4.78 is 0. The minimum absolute atomic E-state index is 0.343. The van der Waals surface area contributed by atoms with Gasteiger partial charge in [0.15, 0.2) is 0 Å². The molecular weight excluding hydrogens is 344 g/mol. The average molecular weight is 382 g/mol. The van der Waals surface area contributed by atoms with Crippen molar-refractivity contribution in [2.45, 2.75) is 95.5 Å². The molecule has 0 unspecified atom stereocenters. The fraction of sp³-hybridized carbons (Fsp3) is 0.944. The molecule has 0 aromatic carbocycles. The Kier molecular flexibility index (Phi) is 20.1. The number of aliphatic carboxylic acids is 1. The molecule has 0 radical (unpaired) electrons. The van der Waals surface area contributed by atoms with Crippen molar-refractivity contribution in [3.8, 4) is 0 Å². The van der Waals surface area contributed by atoms with Crippen LogP contribution in [0.3, 0.4) is 0 Å². The minimum Gasteiger partial charge on any atom is -0.481 e. The average Bonchev–Trinajstić information content (AvgIpc) is 2.64. The van der Waals surface area contributed by atoms with Crippen LogP contribution >= 0.6 is 0 Å². The Morgan fingerprint density at radius 3 is 1.35 bits per heavy atom. The van der Waals surface area contributed by atoms with E-state index in [-0.39, 0.29) is 0 Å². The van der Waals surface area contributed by atoms with Gasteiger partial charge in [-0.3, -0.25) is 4.79 Å². The lowest BCUT2D eigenvalue weighted by Gasteiger charge is -2.24. The van der Waals surface area contributed by atoms with Gasteiger partial charge in [0.25, 0.3) is 0 Å². The number of rotatable bonds is 15. The Hall–Kier alpha value is -0.770. The van der Waals surface area contributed by atoms with Crippen molar-refractivity contribution in [3.63, 3.8) is 0 Å². The van der Waals surface area contributed by atoms with E-state index in [9.17, 15) is 4.79 Å². The molecule has 0 spiro atoms. The quantitative estimate of drug-likeness (QED) is 0.201. The van der Waals surface area contributed by atoms with Gasteiger partial charge in [-0.25, -0.2) is 0 Å². The van der Waals surface area contributed by atoms with E-state index in [4.69, 9.17) is 35.7 Å². The number of aliphatic hydroxyl groups excluding tert-OH is 6. The monoisotopic (exact) mass is 382 g/mol. The maximum atomic E-state index is 10.2. The topological polar surface area (TPSA) is 159 Å². The number of carbonyl (C=O) groups is 1. The fourth-order valence-corrected chi connectivity index (χ4v) is 2.26. The molecule has 7 N–H and O–H groups in total. The second kappa shape index (κ2) is 19.0. The van der Waals surface area contributed by atoms with Crippen molar-refractivity contribution in [2.24, 2.45) is 0 Å². The van der Waals surface area contributed by atoms with Gasteiger partial charge in [-0.15, -0.1) is 0 Å². The van der Waals surface area contributed by atoms with E-state index in [1.807, 2.05) is 0 Å². The largest absolute Gasteiger partial charge is 0.481 e. The maximum absolute atomic E-state index is 10.2. The summed E-state index contributed by atoms with van der Waals surface area (Å²) in [5.74, 6) is -0.659. The smallest absolute Gasteiger partial charge is 0.303 e. The van der Waals surface area contributed by atoms with Gasteiger partial charge in [0.2, 0.25) is 0 Å². The van der Waals surface area contributed by atoms with Gasteiger partial charge in [0.05, 0.1) is 13.2 Å². The molecule has 0 aromatic rings. The first-order valence-corrected chi connectivity index (χ1v) is 9.47. The highest BCUT2D eigenvalue weighted by molar-refractivity contribution is 5.66. The predicted molar refractivity (Wildman–Crippen MR) is 97.7 cm³/mol. The van der Waals surface area contributed by atoms with Crippen LogP contribution in [0.25, 0.3) is 0 Å². The number of hydrogen-bond donors (Lipinski definition) is 7. The van der Waals surface area contributed by atoms with Gasteiger partial charge >= 0.3 is 5.97 Å². The predicted octanol–water partition coefficient (Wildman–Crippen LogP) is 0.406. The summed E-state index contributed by atoms with van der Waals surface area (Å²) in [6.45, 7) is 0.776. The summed E-state index contributed by atoms with van der Waals surface area (Å²) in [7, 11) is 0. The molecule has 26 heavy (non-hydrogen) atoms. The summed E-state index contributed by atoms with van der Waals surface area (Å²) in [6, 6.07) is 0. The van der Waals surface area contributed by atoms with E-state index < -0.39 is 43.6 Å². The van der Waals surface area contributed by atoms with E-state index in [1.165, 1.54) is 44.9 Å². The number of carboxylic acids is 1. The lowest BCUT2D eigenvalue weighted by Crippen LogP contribution is -2.46. The van der Waals surface area contributed by atoms with Crippen LogP contribution in [0.4, 0.5) is 0 Å². The van der Waals surface area contributed by atoms with Crippen LogP contribution < -0.4 is 0 Å². The van der Waals surface area contributed by atoms with Crippen molar-refractivity contribution in [1.82, 2.24) is 0 Å². The molecule has 0 heterocycles. The number of aliphatic hydroxyl groups is 6. The third-order valence-electron chi connectivity index (χ3n) is 4.01. The Morgan fingerprint density at radius 2 is 1.04 bits per heavy atom. The molecule has 0 aliphatic carbocycles. The van der Waals surface area contributed by atoms with Crippen LogP contribution in [-0.4, -0.2) is 79.3 Å². The van der Waals surface area contributed by atoms with Gasteiger partial charge in [-0.05, 0) is 6.42 Å². The molecule has 0 aromatic heterocycles. The van der Waals surface area contributed by atoms with Crippen LogP contribution in [0.5, 0.6) is 0 Å². The molecule has 0 fully saturated rings. The number of unbranched alkanes of at least 4 members (excludes halogenated alkanes) is 8. The van der Waals surface area contributed by atoms with Gasteiger partial charge in [0, 0.05) is 6.42 Å². The zero-order chi connectivity index (χ0) is 20.4. The summed E-state index contributed by atoms with van der Waals surface area (Å²) in [6.07, 6.45) is 5.09. The van der Waals surface area contributed by atoms with Crippen molar-refractivity contribution < 1.29 is 40.5 Å². The molecule has 0 saturated carbocycles. The highest BCUT2D eigenvalue weighted by Crippen LogP contribution is 2.10. The van der Waals surface area contributed by atoms with Crippen molar-refractivity contribution in [2.75, 3.05) is 13.2 Å². The van der Waals surface area contributed by atoms with Crippen LogP contribution in [0.2, 0.25) is 0 Å². The highest BCUT2D eigenvalue weighted by atomic mass is 16.4. The standard InChI is InChI=1S/C12H24O2.C6H14O6/c1-2-3-4-5-6-7-8-9-10-11-12(13)14;7-1-3(9)5(11)6(12)4(10)2-8/h2-11H2,1H3,(H,13,14);3-12H,1-2H2/t;3-,4+,5-,6-/m.1/s1. The van der Waals surface area contributed by atoms with E-state index in [0.29, 0.717) is 6.42 Å². The number of carboxylic acid groups (broad SMARTS) is 1. The Labute approximate surface area is 156 Å². The SMILES string of the molecule is CCCCCCCCCCCC(=O)O.OC[C@@H](O)[C@@H](O)[C@H](O)[C@@H](O)CO. The second-order valence-electron chi connectivity index (χ2n) is 6.45. The first kappa shape index (κ1) is 27.4. The lowest BCUT2D eigenvalue weighted by molar-refractivity contribution is -0.137. The van der Waals surface area contributed by atoms with E-state index in [1.54, 1.807) is 0 Å². The van der Waals surface area contributed by atoms with Crippen LogP contribution in [0.1, 0.15) is 71.1 Å². The molecule has 0 rings (SSSR count). The second-order valence-corrected chi connectivity index (χ2v) is 6.45. The van der Waals surface area contributed by atoms with E-state index in [2.05, 4.69) is 6.92 Å². The minimum atomic E-state index is -1.67. The van der Waals surface area contributed by atoms with Crippen molar-refractivity contribution in [1.29, 1.82) is 0 Å². The van der Waals surface area contributed by atoms with Crippen LogP contribution in [-0.2, 0) is 4.79 Å².